The number of aryl methyl sites for hydroxylation is 1. The van der Waals surface area contributed by atoms with Gasteiger partial charge in [0.2, 0.25) is 0 Å². The van der Waals surface area contributed by atoms with Crippen molar-refractivity contribution >= 4 is 12.6 Å². The van der Waals surface area contributed by atoms with E-state index < -0.39 is 12.6 Å². The van der Waals surface area contributed by atoms with E-state index in [1.807, 2.05) is 0 Å². The summed E-state index contributed by atoms with van der Waals surface area (Å²) in [6.45, 7) is -5.09. The molecule has 0 aliphatic heterocycles. The summed E-state index contributed by atoms with van der Waals surface area (Å²) in [4.78, 5) is 0. The van der Waals surface area contributed by atoms with Gasteiger partial charge in [0.25, 0.3) is 0 Å². The van der Waals surface area contributed by atoms with Gasteiger partial charge in [-0.25, -0.2) is 5.10 Å². The fourth-order valence-electron chi connectivity index (χ4n) is 1.76. The Morgan fingerprint density at radius 2 is 1.84 bits per heavy atom. The minimum atomic E-state index is -5.09. The monoisotopic (exact) mass is 294 g/mol. The van der Waals surface area contributed by atoms with Crippen molar-refractivity contribution in [1.82, 2.24) is 9.78 Å². The molecule has 3 nitrogen and oxygen atoms in total. The molecule has 1 aromatic heterocycles. The zero-order chi connectivity index (χ0) is 13.3. The third-order valence-electron chi connectivity index (χ3n) is 2.62. The van der Waals surface area contributed by atoms with Gasteiger partial charge in [-0.15, -0.1) is 0 Å². The van der Waals surface area contributed by atoms with Gasteiger partial charge in [-0.2, -0.15) is 0 Å². The third-order valence-corrected chi connectivity index (χ3v) is 2.62. The van der Waals surface area contributed by atoms with Crippen LogP contribution in [0.4, 0.5) is 12.9 Å². The van der Waals surface area contributed by atoms with E-state index in [0.29, 0.717) is 17.0 Å². The minimum absolute atomic E-state index is 0. The Balaban J connectivity index is 0.00000180. The van der Waals surface area contributed by atoms with Crippen LogP contribution < -0.4 is 61.7 Å². The van der Waals surface area contributed by atoms with Gasteiger partial charge in [0, 0.05) is 18.2 Å². The van der Waals surface area contributed by atoms with Crippen molar-refractivity contribution in [3.63, 3.8) is 0 Å². The number of hydrogen-bond acceptors (Lipinski definition) is 2. The molecule has 0 N–H and O–H groups in total. The van der Waals surface area contributed by atoms with Crippen molar-refractivity contribution in [1.29, 1.82) is 0 Å². The Labute approximate surface area is 151 Å². The molecule has 1 heterocycles. The number of methoxy groups -OCH3 is 1. The van der Waals surface area contributed by atoms with Crippen molar-refractivity contribution in [2.24, 2.45) is 7.05 Å². The van der Waals surface area contributed by atoms with Crippen molar-refractivity contribution in [3.8, 4) is 17.0 Å². The number of hydrogen-bond donors (Lipinski definition) is 0. The summed E-state index contributed by atoms with van der Waals surface area (Å²) in [7, 11) is 2.96. The van der Waals surface area contributed by atoms with Gasteiger partial charge in [-0.3, -0.25) is 4.68 Å². The van der Waals surface area contributed by atoms with Crippen molar-refractivity contribution in [3.05, 3.63) is 30.3 Å². The van der Waals surface area contributed by atoms with E-state index in [-0.39, 0.29) is 51.4 Å². The Hall–Kier alpha value is -0.279. The van der Waals surface area contributed by atoms with Crippen LogP contribution in [0.15, 0.2) is 30.3 Å². The van der Waals surface area contributed by atoms with Crippen LogP contribution >= 0.6 is 0 Å². The molecule has 96 valence electrons. The van der Waals surface area contributed by atoms with Crippen LogP contribution in [0.2, 0.25) is 0 Å². The van der Waals surface area contributed by atoms with Gasteiger partial charge >= 0.3 is 58.4 Å². The van der Waals surface area contributed by atoms with Gasteiger partial charge in [0.15, 0.2) is 0 Å². The number of ether oxygens (including phenoxy) is 1. The van der Waals surface area contributed by atoms with Crippen LogP contribution in [0, 0.1) is 0 Å². The van der Waals surface area contributed by atoms with Gasteiger partial charge < -0.3 is 17.7 Å². The summed E-state index contributed by atoms with van der Waals surface area (Å²) < 4.78 is 44.2. The first-order valence-electron chi connectivity index (χ1n) is 5.30. The van der Waals surface area contributed by atoms with Crippen molar-refractivity contribution < 1.29 is 69.1 Å². The van der Waals surface area contributed by atoms with Crippen molar-refractivity contribution in [2.45, 2.75) is 0 Å². The molecule has 8 heteroatoms. The van der Waals surface area contributed by atoms with Gasteiger partial charge in [0.1, 0.15) is 5.75 Å². The molecule has 0 spiro atoms. The van der Waals surface area contributed by atoms with Gasteiger partial charge in [-0.1, -0.05) is 12.1 Å². The Morgan fingerprint density at radius 3 is 2.37 bits per heavy atom. The molecule has 2 rings (SSSR count). The third kappa shape index (κ3) is 3.63. The average molecular weight is 294 g/mol. The predicted molar refractivity (Wildman–Crippen MR) is 63.9 cm³/mol. The quantitative estimate of drug-likeness (QED) is 0.690. The van der Waals surface area contributed by atoms with E-state index in [1.54, 1.807) is 24.3 Å². The van der Waals surface area contributed by atoms with E-state index in [0.717, 1.165) is 6.07 Å². The summed E-state index contributed by atoms with van der Waals surface area (Å²) in [6.07, 6.45) is 0. The fourth-order valence-corrected chi connectivity index (χ4v) is 1.76. The molecule has 2 aromatic rings. The normalized spacial score (nSPS) is 11.0. The van der Waals surface area contributed by atoms with E-state index >= 15 is 0 Å². The molecule has 0 unspecified atom stereocenters. The molecule has 0 saturated carbocycles. The van der Waals surface area contributed by atoms with E-state index in [4.69, 9.17) is 4.74 Å². The van der Waals surface area contributed by atoms with E-state index in [1.165, 1.54) is 18.8 Å². The summed E-state index contributed by atoms with van der Waals surface area (Å²) in [5, 5.41) is 3.50. The minimum Gasteiger partial charge on any atom is -0.496 e. The standard InChI is InChI=1S/C11H11BF3N2O.K/c1-17-9(7-11(16-17)12(13,14)15)8-5-3-4-6-10(8)18-2;/h3-7H,1-2H3;/q-1;+1. The van der Waals surface area contributed by atoms with Crippen LogP contribution in [0.25, 0.3) is 11.3 Å². The summed E-state index contributed by atoms with van der Waals surface area (Å²) in [6, 6.07) is 7.93. The number of aromatic nitrogens is 2. The average Bonchev–Trinajstić information content (AvgIpc) is 2.71. The molecule has 0 fully saturated rings. The number of para-hydroxylation sites is 1. The Morgan fingerprint density at radius 1 is 1.21 bits per heavy atom. The van der Waals surface area contributed by atoms with Crippen LogP contribution in [-0.4, -0.2) is 23.9 Å². The first-order chi connectivity index (χ1) is 8.43. The SMILES string of the molecule is COc1ccccc1-c1cc([B-](F)(F)F)nn1C.[K+]. The molecule has 0 aliphatic rings. The topological polar surface area (TPSA) is 27.1 Å². The fraction of sp³-hybridized carbons (Fsp3) is 0.182. The smallest absolute Gasteiger partial charge is 0.496 e. The van der Waals surface area contributed by atoms with Gasteiger partial charge in [-0.05, 0) is 18.2 Å². The summed E-state index contributed by atoms with van der Waals surface area (Å²) >= 11 is 0. The van der Waals surface area contributed by atoms with Gasteiger partial charge in [0.05, 0.1) is 12.8 Å². The molecule has 0 bridgehead atoms. The van der Waals surface area contributed by atoms with Crippen LogP contribution in [0.5, 0.6) is 5.75 Å². The largest absolute Gasteiger partial charge is 1.00 e. The number of benzene rings is 1. The maximum absolute atomic E-state index is 12.6. The second-order valence-electron chi connectivity index (χ2n) is 3.85. The van der Waals surface area contributed by atoms with E-state index in [2.05, 4.69) is 5.10 Å². The molecular weight excluding hydrogens is 283 g/mol. The molecule has 0 amide bonds. The maximum atomic E-state index is 12.6. The molecule has 0 radical (unpaired) electrons. The number of rotatable bonds is 3. The molecule has 0 saturated heterocycles. The molecule has 0 atom stereocenters. The zero-order valence-electron chi connectivity index (χ0n) is 10.9. The first kappa shape index (κ1) is 16.8. The van der Waals surface area contributed by atoms with Crippen LogP contribution in [0.3, 0.4) is 0 Å². The second-order valence-corrected chi connectivity index (χ2v) is 3.85. The van der Waals surface area contributed by atoms with E-state index in [9.17, 15) is 12.9 Å². The second kappa shape index (κ2) is 6.45. The predicted octanol–water partition coefficient (Wildman–Crippen LogP) is -0.846. The Kier molecular flexibility index (Phi) is 5.69. The Bertz CT molecular complexity index is 571. The van der Waals surface area contributed by atoms with Crippen LogP contribution in [-0.2, 0) is 7.05 Å². The molecule has 19 heavy (non-hydrogen) atoms. The van der Waals surface area contributed by atoms with Crippen molar-refractivity contribution in [2.75, 3.05) is 7.11 Å². The zero-order valence-corrected chi connectivity index (χ0v) is 14.0. The number of halogens is 3. The number of nitrogens with zero attached hydrogens (tertiary/aromatic N) is 2. The molecule has 0 aliphatic carbocycles. The first-order valence-corrected chi connectivity index (χ1v) is 5.30. The summed E-state index contributed by atoms with van der Waals surface area (Å²) in [5.41, 5.74) is 0.112. The molecular formula is C11H11BF3KN2O. The van der Waals surface area contributed by atoms with Crippen LogP contribution in [0.1, 0.15) is 0 Å². The summed E-state index contributed by atoms with van der Waals surface area (Å²) in [5.74, 6) is 0.515. The molecule has 1 aromatic carbocycles. The maximum Gasteiger partial charge on any atom is 1.00 e.